The van der Waals surface area contributed by atoms with Gasteiger partial charge in [-0.05, 0) is 6.42 Å². The molecule has 1 saturated carbocycles. The van der Waals surface area contributed by atoms with Gasteiger partial charge in [0.15, 0.2) is 0 Å². The van der Waals surface area contributed by atoms with E-state index in [2.05, 4.69) is 25.4 Å². The van der Waals surface area contributed by atoms with Crippen molar-refractivity contribution < 1.29 is 23.9 Å². The summed E-state index contributed by atoms with van der Waals surface area (Å²) in [6.07, 6.45) is 0.285. The third kappa shape index (κ3) is 2.61. The Morgan fingerprint density at radius 2 is 1.69 bits per heavy atom. The molecule has 1 fully saturated rings. The SMILES string of the molecule is COC(=O)C1CC(=O)C(Br)CC1C(=O)OC. The monoisotopic (exact) mass is 292 g/mol. The van der Waals surface area contributed by atoms with E-state index in [1.807, 2.05) is 0 Å². The van der Waals surface area contributed by atoms with Crippen molar-refractivity contribution in [3.63, 3.8) is 0 Å². The van der Waals surface area contributed by atoms with Gasteiger partial charge in [-0.25, -0.2) is 0 Å². The lowest BCUT2D eigenvalue weighted by Crippen LogP contribution is -2.41. The van der Waals surface area contributed by atoms with Gasteiger partial charge in [-0.2, -0.15) is 0 Å². The van der Waals surface area contributed by atoms with E-state index < -0.39 is 28.6 Å². The molecule has 1 rings (SSSR count). The van der Waals surface area contributed by atoms with Crippen molar-refractivity contribution in [2.45, 2.75) is 17.7 Å². The second-order valence-electron chi connectivity index (χ2n) is 3.63. The molecule has 0 heterocycles. The van der Waals surface area contributed by atoms with Crippen LogP contribution in [0.3, 0.4) is 0 Å². The van der Waals surface area contributed by atoms with E-state index >= 15 is 0 Å². The number of carbonyl (C=O) groups is 3. The van der Waals surface area contributed by atoms with Crippen LogP contribution in [0.5, 0.6) is 0 Å². The fourth-order valence-electron chi connectivity index (χ4n) is 1.82. The predicted octanol–water partition coefficient (Wildman–Crippen LogP) is 0.691. The van der Waals surface area contributed by atoms with Gasteiger partial charge in [-0.15, -0.1) is 0 Å². The van der Waals surface area contributed by atoms with Gasteiger partial charge in [0.1, 0.15) is 5.78 Å². The highest BCUT2D eigenvalue weighted by Gasteiger charge is 2.43. The number of hydrogen-bond donors (Lipinski definition) is 0. The molecule has 5 nitrogen and oxygen atoms in total. The topological polar surface area (TPSA) is 69.7 Å². The molecule has 0 amide bonds. The Hall–Kier alpha value is -0.910. The number of hydrogen-bond acceptors (Lipinski definition) is 5. The number of alkyl halides is 1. The van der Waals surface area contributed by atoms with Gasteiger partial charge < -0.3 is 9.47 Å². The summed E-state index contributed by atoms with van der Waals surface area (Å²) >= 11 is 3.18. The summed E-state index contributed by atoms with van der Waals surface area (Å²) in [6, 6.07) is 0. The zero-order valence-corrected chi connectivity index (χ0v) is 10.7. The third-order valence-corrected chi connectivity index (χ3v) is 3.61. The number of esters is 2. The van der Waals surface area contributed by atoms with Gasteiger partial charge in [0, 0.05) is 6.42 Å². The van der Waals surface area contributed by atoms with E-state index in [1.54, 1.807) is 0 Å². The zero-order valence-electron chi connectivity index (χ0n) is 9.07. The van der Waals surface area contributed by atoms with E-state index in [0.717, 1.165) is 0 Å². The van der Waals surface area contributed by atoms with Crippen LogP contribution in [-0.4, -0.2) is 36.8 Å². The molecular formula is C10H13BrO5. The summed E-state index contributed by atoms with van der Waals surface area (Å²) in [7, 11) is 2.50. The molecule has 90 valence electrons. The maximum Gasteiger partial charge on any atom is 0.309 e. The summed E-state index contributed by atoms with van der Waals surface area (Å²) < 4.78 is 9.20. The van der Waals surface area contributed by atoms with E-state index in [9.17, 15) is 14.4 Å². The maximum absolute atomic E-state index is 11.5. The average Bonchev–Trinajstić information content (AvgIpc) is 2.30. The molecule has 0 spiro atoms. The van der Waals surface area contributed by atoms with Crippen LogP contribution in [0.15, 0.2) is 0 Å². The lowest BCUT2D eigenvalue weighted by atomic mass is 9.78. The van der Waals surface area contributed by atoms with Crippen LogP contribution in [-0.2, 0) is 23.9 Å². The van der Waals surface area contributed by atoms with Crippen LogP contribution < -0.4 is 0 Å². The Morgan fingerprint density at radius 3 is 2.19 bits per heavy atom. The van der Waals surface area contributed by atoms with E-state index in [4.69, 9.17) is 0 Å². The van der Waals surface area contributed by atoms with Crippen molar-refractivity contribution in [3.8, 4) is 0 Å². The molecule has 3 unspecified atom stereocenters. The fraction of sp³-hybridized carbons (Fsp3) is 0.700. The van der Waals surface area contributed by atoms with Crippen LogP contribution in [0.2, 0.25) is 0 Å². The molecule has 3 atom stereocenters. The molecule has 0 aromatic heterocycles. The largest absolute Gasteiger partial charge is 0.469 e. The molecule has 0 saturated heterocycles. The van der Waals surface area contributed by atoms with Gasteiger partial charge in [-0.1, -0.05) is 15.9 Å². The summed E-state index contributed by atoms with van der Waals surface area (Å²) in [5.74, 6) is -2.44. The van der Waals surface area contributed by atoms with Gasteiger partial charge in [0.05, 0.1) is 30.9 Å². The minimum Gasteiger partial charge on any atom is -0.469 e. The van der Waals surface area contributed by atoms with Crippen LogP contribution in [0.4, 0.5) is 0 Å². The Kier molecular flexibility index (Phi) is 4.46. The molecule has 16 heavy (non-hydrogen) atoms. The molecule has 0 aromatic rings. The van der Waals surface area contributed by atoms with E-state index in [0.29, 0.717) is 0 Å². The van der Waals surface area contributed by atoms with Crippen molar-refractivity contribution in [2.75, 3.05) is 14.2 Å². The number of Topliss-reactive ketones (excluding diaryl/α,β-unsaturated/α-hetero) is 1. The molecule has 0 N–H and O–H groups in total. The van der Waals surface area contributed by atoms with Gasteiger partial charge in [-0.3, -0.25) is 14.4 Å². The zero-order chi connectivity index (χ0) is 12.3. The summed E-state index contributed by atoms with van der Waals surface area (Å²) in [5.41, 5.74) is 0. The standard InChI is InChI=1S/C10H13BrO5/c1-15-9(13)5-3-7(11)8(12)4-6(5)10(14)16-2/h5-7H,3-4H2,1-2H3. The number of ketones is 1. The predicted molar refractivity (Wildman–Crippen MR) is 58.0 cm³/mol. The molecule has 1 aliphatic rings. The highest BCUT2D eigenvalue weighted by Crippen LogP contribution is 2.33. The first-order valence-electron chi connectivity index (χ1n) is 4.83. The Balaban J connectivity index is 2.87. The van der Waals surface area contributed by atoms with Crippen molar-refractivity contribution in [1.29, 1.82) is 0 Å². The lowest BCUT2D eigenvalue weighted by Gasteiger charge is -2.29. The summed E-state index contributed by atoms with van der Waals surface area (Å²) in [5, 5.41) is 0. The second kappa shape index (κ2) is 5.43. The number of ether oxygens (including phenoxy) is 2. The van der Waals surface area contributed by atoms with Gasteiger partial charge in [0.2, 0.25) is 0 Å². The van der Waals surface area contributed by atoms with E-state index in [-0.39, 0.29) is 18.6 Å². The average molecular weight is 293 g/mol. The minimum absolute atomic E-state index is 0.0162. The Labute approximate surface area is 102 Å². The van der Waals surface area contributed by atoms with Gasteiger partial charge in [0.25, 0.3) is 0 Å². The summed E-state index contributed by atoms with van der Waals surface area (Å²) in [6.45, 7) is 0. The van der Waals surface area contributed by atoms with Crippen LogP contribution in [0.25, 0.3) is 0 Å². The maximum atomic E-state index is 11.5. The second-order valence-corrected chi connectivity index (χ2v) is 4.74. The first-order valence-corrected chi connectivity index (χ1v) is 5.75. The van der Waals surface area contributed by atoms with Gasteiger partial charge >= 0.3 is 11.9 Å². The van der Waals surface area contributed by atoms with Crippen molar-refractivity contribution >= 4 is 33.7 Å². The minimum atomic E-state index is -0.723. The van der Waals surface area contributed by atoms with Crippen molar-refractivity contribution in [2.24, 2.45) is 11.8 Å². The number of halogens is 1. The fourth-order valence-corrected chi connectivity index (χ4v) is 2.41. The molecule has 0 radical (unpaired) electrons. The Morgan fingerprint density at radius 1 is 1.19 bits per heavy atom. The molecule has 1 aliphatic carbocycles. The summed E-state index contributed by atoms with van der Waals surface area (Å²) in [4.78, 5) is 34.0. The normalized spacial score (nSPS) is 29.7. The molecule has 0 aliphatic heterocycles. The number of methoxy groups -OCH3 is 2. The van der Waals surface area contributed by atoms with Crippen molar-refractivity contribution in [1.82, 2.24) is 0 Å². The van der Waals surface area contributed by atoms with Crippen molar-refractivity contribution in [3.05, 3.63) is 0 Å². The highest BCUT2D eigenvalue weighted by atomic mass is 79.9. The van der Waals surface area contributed by atoms with Crippen LogP contribution in [0.1, 0.15) is 12.8 Å². The number of rotatable bonds is 2. The molecule has 6 heteroatoms. The van der Waals surface area contributed by atoms with Crippen LogP contribution >= 0.6 is 15.9 Å². The van der Waals surface area contributed by atoms with Crippen LogP contribution in [0, 0.1) is 11.8 Å². The lowest BCUT2D eigenvalue weighted by molar-refractivity contribution is -0.160. The molecular weight excluding hydrogens is 280 g/mol. The molecule has 0 bridgehead atoms. The first-order chi connectivity index (χ1) is 7.51. The quantitative estimate of drug-likeness (QED) is 0.553. The molecule has 0 aromatic carbocycles. The first kappa shape index (κ1) is 13.2. The highest BCUT2D eigenvalue weighted by molar-refractivity contribution is 9.10. The smallest absolute Gasteiger partial charge is 0.309 e. The third-order valence-electron chi connectivity index (χ3n) is 2.72. The Bertz CT molecular complexity index is 314. The van der Waals surface area contributed by atoms with E-state index in [1.165, 1.54) is 14.2 Å². The number of carbonyl (C=O) groups excluding carboxylic acids is 3.